The van der Waals surface area contributed by atoms with Gasteiger partial charge >= 0.3 is 0 Å². The second-order valence-electron chi connectivity index (χ2n) is 9.37. The van der Waals surface area contributed by atoms with Gasteiger partial charge in [0.25, 0.3) is 0 Å². The molecule has 152 valence electrons. The highest BCUT2D eigenvalue weighted by atomic mass is 16.1. The van der Waals surface area contributed by atoms with Crippen molar-refractivity contribution < 1.29 is 4.79 Å². The van der Waals surface area contributed by atoms with Crippen LogP contribution in [0.25, 0.3) is 0 Å². The number of nitrogens with zero attached hydrogens (tertiary/aromatic N) is 4. The summed E-state index contributed by atoms with van der Waals surface area (Å²) in [5.74, 6) is 5.15. The zero-order valence-corrected chi connectivity index (χ0v) is 16.9. The van der Waals surface area contributed by atoms with E-state index in [0.29, 0.717) is 11.9 Å². The second kappa shape index (κ2) is 6.54. The number of Topliss-reactive ketones (excluding diaryl/α,β-unsaturated/α-hetero) is 1. The van der Waals surface area contributed by atoms with Crippen LogP contribution in [0.2, 0.25) is 0 Å². The zero-order chi connectivity index (χ0) is 19.5. The van der Waals surface area contributed by atoms with E-state index >= 15 is 0 Å². The Morgan fingerprint density at radius 1 is 1.17 bits per heavy atom. The van der Waals surface area contributed by atoms with Crippen LogP contribution in [0.15, 0.2) is 6.07 Å². The summed E-state index contributed by atoms with van der Waals surface area (Å²) in [5.41, 5.74) is 3.58. The lowest BCUT2D eigenvalue weighted by molar-refractivity contribution is -0.118. The number of aryl methyl sites for hydroxylation is 1. The number of anilines is 3. The number of aromatic nitrogens is 4. The van der Waals surface area contributed by atoms with Crippen LogP contribution >= 0.6 is 0 Å². The van der Waals surface area contributed by atoms with Gasteiger partial charge in [-0.05, 0) is 70.1 Å². The highest BCUT2D eigenvalue weighted by Crippen LogP contribution is 2.57. The Morgan fingerprint density at radius 2 is 2.03 bits per heavy atom. The van der Waals surface area contributed by atoms with Crippen LogP contribution in [0.3, 0.4) is 0 Å². The van der Waals surface area contributed by atoms with Crippen LogP contribution in [0, 0.1) is 11.8 Å². The Morgan fingerprint density at radius 3 is 2.86 bits per heavy atom. The molecule has 2 N–H and O–H groups in total. The summed E-state index contributed by atoms with van der Waals surface area (Å²) >= 11 is 0. The van der Waals surface area contributed by atoms with Gasteiger partial charge in [0.15, 0.2) is 11.6 Å². The molecule has 7 nitrogen and oxygen atoms in total. The third kappa shape index (κ3) is 3.02. The molecule has 7 heteroatoms. The molecule has 3 aliphatic carbocycles. The van der Waals surface area contributed by atoms with Crippen LogP contribution in [0.4, 0.5) is 17.6 Å². The van der Waals surface area contributed by atoms with E-state index in [1.54, 1.807) is 6.92 Å². The third-order valence-electron chi connectivity index (χ3n) is 7.43. The Kier molecular flexibility index (Phi) is 3.93. The predicted molar refractivity (Wildman–Crippen MR) is 111 cm³/mol. The van der Waals surface area contributed by atoms with Gasteiger partial charge in [-0.3, -0.25) is 9.89 Å². The highest BCUT2D eigenvalue weighted by Gasteiger charge is 2.46. The smallest absolute Gasteiger partial charge is 0.228 e. The fourth-order valence-electron chi connectivity index (χ4n) is 5.78. The molecule has 0 radical (unpaired) electrons. The molecule has 3 unspecified atom stereocenters. The van der Waals surface area contributed by atoms with Gasteiger partial charge in [-0.2, -0.15) is 10.1 Å². The maximum absolute atomic E-state index is 12.1. The molecule has 2 saturated carbocycles. The molecule has 29 heavy (non-hydrogen) atoms. The van der Waals surface area contributed by atoms with Gasteiger partial charge in [0.05, 0.1) is 11.7 Å². The number of aromatic amines is 1. The largest absolute Gasteiger partial charge is 0.331 e. The number of H-pyrrole nitrogens is 1. The average Bonchev–Trinajstić information content (AvgIpc) is 3.28. The molecule has 6 rings (SSSR count). The standard InChI is InChI=1S/C22H28N6O/c1-12(29)19-6-3-7-28(19)22-23-17-5-2-4-16(17)21(25-22)24-20-11-18(26-27-20)15-9-13-8-14(13)10-15/h11,13-15,19H,2-10H2,1H3,(H2,23,24,25,26,27). The Labute approximate surface area is 170 Å². The first-order chi connectivity index (χ1) is 14.2. The van der Waals surface area contributed by atoms with Crippen molar-refractivity contribution in [2.45, 2.75) is 70.3 Å². The van der Waals surface area contributed by atoms with Crippen molar-refractivity contribution in [3.8, 4) is 0 Å². The Bertz CT molecular complexity index is 958. The Balaban J connectivity index is 1.28. The zero-order valence-electron chi connectivity index (χ0n) is 16.9. The van der Waals surface area contributed by atoms with Crippen molar-refractivity contribution in [2.75, 3.05) is 16.8 Å². The minimum absolute atomic E-state index is 0.0897. The van der Waals surface area contributed by atoms with Crippen LogP contribution in [0.5, 0.6) is 0 Å². The number of ketones is 1. The van der Waals surface area contributed by atoms with E-state index < -0.39 is 0 Å². The first-order valence-electron chi connectivity index (χ1n) is 11.1. The number of carbonyl (C=O) groups excluding carboxylic acids is 1. The quantitative estimate of drug-likeness (QED) is 0.810. The van der Waals surface area contributed by atoms with Crippen LogP contribution < -0.4 is 10.2 Å². The van der Waals surface area contributed by atoms with Crippen molar-refractivity contribution in [1.29, 1.82) is 0 Å². The summed E-state index contributed by atoms with van der Waals surface area (Å²) in [7, 11) is 0. The number of rotatable bonds is 5. The highest BCUT2D eigenvalue weighted by molar-refractivity contribution is 5.85. The predicted octanol–water partition coefficient (Wildman–Crippen LogP) is 3.50. The van der Waals surface area contributed by atoms with Crippen LogP contribution in [0.1, 0.15) is 68.3 Å². The van der Waals surface area contributed by atoms with Crippen molar-refractivity contribution >= 4 is 23.4 Å². The van der Waals surface area contributed by atoms with E-state index in [4.69, 9.17) is 9.97 Å². The molecule has 1 saturated heterocycles. The molecular weight excluding hydrogens is 364 g/mol. The number of carbonyl (C=O) groups is 1. The van der Waals surface area contributed by atoms with E-state index in [-0.39, 0.29) is 11.8 Å². The number of hydrogen-bond acceptors (Lipinski definition) is 6. The van der Waals surface area contributed by atoms with Crippen molar-refractivity contribution in [3.05, 3.63) is 23.0 Å². The summed E-state index contributed by atoms with van der Waals surface area (Å²) in [6.07, 6.45) is 9.04. The van der Waals surface area contributed by atoms with Gasteiger partial charge < -0.3 is 10.2 Å². The molecule has 3 heterocycles. The van der Waals surface area contributed by atoms with E-state index in [0.717, 1.165) is 67.8 Å². The first-order valence-corrected chi connectivity index (χ1v) is 11.1. The maximum Gasteiger partial charge on any atom is 0.228 e. The molecule has 2 aromatic heterocycles. The summed E-state index contributed by atoms with van der Waals surface area (Å²) in [4.78, 5) is 23.9. The van der Waals surface area contributed by atoms with E-state index in [1.807, 2.05) is 0 Å². The van der Waals surface area contributed by atoms with Gasteiger partial charge in [-0.15, -0.1) is 0 Å². The van der Waals surface area contributed by atoms with E-state index in [1.165, 1.54) is 30.5 Å². The third-order valence-corrected chi connectivity index (χ3v) is 7.43. The molecular formula is C22H28N6O. The van der Waals surface area contributed by atoms with E-state index in [2.05, 4.69) is 26.5 Å². The van der Waals surface area contributed by atoms with E-state index in [9.17, 15) is 4.79 Å². The molecule has 0 bridgehead atoms. The first kappa shape index (κ1) is 17.4. The lowest BCUT2D eigenvalue weighted by atomic mass is 10.00. The van der Waals surface area contributed by atoms with Gasteiger partial charge in [-0.25, -0.2) is 4.98 Å². The topological polar surface area (TPSA) is 86.8 Å². The second-order valence-corrected chi connectivity index (χ2v) is 9.37. The monoisotopic (exact) mass is 392 g/mol. The normalized spacial score (nSPS) is 29.8. The van der Waals surface area contributed by atoms with Gasteiger partial charge in [0, 0.05) is 29.8 Å². The van der Waals surface area contributed by atoms with Crippen molar-refractivity contribution in [1.82, 2.24) is 20.2 Å². The van der Waals surface area contributed by atoms with Gasteiger partial charge in [0.1, 0.15) is 5.82 Å². The minimum Gasteiger partial charge on any atom is -0.331 e. The van der Waals surface area contributed by atoms with Crippen molar-refractivity contribution in [2.24, 2.45) is 11.8 Å². The maximum atomic E-state index is 12.1. The summed E-state index contributed by atoms with van der Waals surface area (Å²) in [5, 5.41) is 11.3. The molecule has 3 atom stereocenters. The fraction of sp³-hybridized carbons (Fsp3) is 0.636. The lowest BCUT2D eigenvalue weighted by Crippen LogP contribution is -2.36. The Hall–Kier alpha value is -2.44. The van der Waals surface area contributed by atoms with Crippen LogP contribution in [-0.4, -0.2) is 38.5 Å². The van der Waals surface area contributed by atoms with Gasteiger partial charge in [0.2, 0.25) is 5.95 Å². The van der Waals surface area contributed by atoms with Gasteiger partial charge in [-0.1, -0.05) is 0 Å². The molecule has 2 aromatic rings. The lowest BCUT2D eigenvalue weighted by Gasteiger charge is -2.24. The minimum atomic E-state index is -0.0897. The molecule has 0 aromatic carbocycles. The molecule has 1 aliphatic heterocycles. The molecule has 0 spiro atoms. The molecule has 4 aliphatic rings. The number of fused-ring (bicyclic) bond motifs is 2. The summed E-state index contributed by atoms with van der Waals surface area (Å²) < 4.78 is 0. The fourth-order valence-corrected chi connectivity index (χ4v) is 5.78. The average molecular weight is 393 g/mol. The molecule has 3 fully saturated rings. The number of hydrogen-bond donors (Lipinski definition) is 2. The molecule has 0 amide bonds. The summed E-state index contributed by atoms with van der Waals surface area (Å²) in [6.45, 7) is 2.52. The van der Waals surface area contributed by atoms with Crippen LogP contribution in [-0.2, 0) is 17.6 Å². The SMILES string of the molecule is CC(=O)C1CCCN1c1nc2c(c(Nc3cc(C4CC5CC5C4)[nH]n3)n1)CCC2. The summed E-state index contributed by atoms with van der Waals surface area (Å²) in [6, 6.07) is 2.07. The van der Waals surface area contributed by atoms with Crippen molar-refractivity contribution in [3.63, 3.8) is 0 Å². The number of nitrogens with one attached hydrogen (secondary N) is 2.